The van der Waals surface area contributed by atoms with Crippen molar-refractivity contribution in [2.45, 2.75) is 52.5 Å². The first-order valence-corrected chi connectivity index (χ1v) is 9.44. The van der Waals surface area contributed by atoms with E-state index in [1.54, 1.807) is 4.90 Å². The first-order valence-electron chi connectivity index (χ1n) is 9.44. The summed E-state index contributed by atoms with van der Waals surface area (Å²) in [5.74, 6) is -0.0816. The number of carbonyl (C=O) groups is 2. The van der Waals surface area contributed by atoms with Gasteiger partial charge in [0.1, 0.15) is 0 Å². The summed E-state index contributed by atoms with van der Waals surface area (Å²) in [6.45, 7) is 11.0. The molecule has 1 N–H and O–H groups in total. The fourth-order valence-electron chi connectivity index (χ4n) is 3.34. The van der Waals surface area contributed by atoms with Crippen molar-refractivity contribution in [1.82, 2.24) is 5.32 Å². The maximum atomic E-state index is 12.6. The van der Waals surface area contributed by atoms with E-state index in [1.165, 1.54) is 11.1 Å². The Balaban J connectivity index is 1.67. The number of amides is 2. The van der Waals surface area contributed by atoms with Crippen molar-refractivity contribution in [2.75, 3.05) is 11.4 Å². The van der Waals surface area contributed by atoms with Gasteiger partial charge in [0, 0.05) is 24.2 Å². The Morgan fingerprint density at radius 3 is 2.30 bits per heavy atom. The molecule has 27 heavy (non-hydrogen) atoms. The fraction of sp³-hybridized carbons (Fsp3) is 0.391. The summed E-state index contributed by atoms with van der Waals surface area (Å²) in [7, 11) is 0. The molecule has 0 bridgehead atoms. The van der Waals surface area contributed by atoms with E-state index in [-0.39, 0.29) is 23.3 Å². The molecule has 3 rings (SSSR count). The first kappa shape index (κ1) is 19.2. The number of nitrogens with one attached hydrogen (secondary N) is 1. The van der Waals surface area contributed by atoms with Crippen LogP contribution in [0.5, 0.6) is 0 Å². The van der Waals surface area contributed by atoms with Gasteiger partial charge in [0.25, 0.3) is 5.91 Å². The average Bonchev–Trinajstić information content (AvgIpc) is 2.97. The molecule has 0 radical (unpaired) electrons. The zero-order valence-corrected chi connectivity index (χ0v) is 16.8. The lowest BCUT2D eigenvalue weighted by Crippen LogP contribution is -2.37. The molecule has 0 spiro atoms. The highest BCUT2D eigenvalue weighted by molar-refractivity contribution is 5.99. The molecule has 1 atom stereocenters. The van der Waals surface area contributed by atoms with E-state index in [9.17, 15) is 9.59 Å². The van der Waals surface area contributed by atoms with Crippen LogP contribution >= 0.6 is 0 Å². The number of hydrogen-bond donors (Lipinski definition) is 1. The second-order valence-corrected chi connectivity index (χ2v) is 8.47. The van der Waals surface area contributed by atoms with E-state index in [1.807, 2.05) is 49.4 Å². The molecule has 1 fully saturated rings. The van der Waals surface area contributed by atoms with Gasteiger partial charge in [-0.2, -0.15) is 0 Å². The Labute approximate surface area is 161 Å². The number of nitrogens with zero attached hydrogens (tertiary/aromatic N) is 1. The van der Waals surface area contributed by atoms with Crippen LogP contribution in [0.15, 0.2) is 42.5 Å². The minimum absolute atomic E-state index is 0.0478. The monoisotopic (exact) mass is 364 g/mol. The number of anilines is 1. The molecule has 0 aliphatic carbocycles. The molecule has 0 aromatic heterocycles. The average molecular weight is 364 g/mol. The lowest BCUT2D eigenvalue weighted by molar-refractivity contribution is -0.117. The lowest BCUT2D eigenvalue weighted by atomic mass is 9.86. The normalized spacial score (nSPS) is 17.3. The van der Waals surface area contributed by atoms with Crippen LogP contribution in [0.4, 0.5) is 5.69 Å². The Hall–Kier alpha value is -2.62. The topological polar surface area (TPSA) is 49.4 Å². The summed E-state index contributed by atoms with van der Waals surface area (Å²) >= 11 is 0. The van der Waals surface area contributed by atoms with Gasteiger partial charge in [-0.1, -0.05) is 39.0 Å². The summed E-state index contributed by atoms with van der Waals surface area (Å²) < 4.78 is 0. The van der Waals surface area contributed by atoms with Crippen molar-refractivity contribution in [3.8, 4) is 0 Å². The van der Waals surface area contributed by atoms with Gasteiger partial charge in [-0.05, 0) is 60.2 Å². The molecule has 1 aliphatic rings. The number of carbonyl (C=O) groups excluding carboxylic acids is 2. The third-order valence-electron chi connectivity index (χ3n) is 5.28. The summed E-state index contributed by atoms with van der Waals surface area (Å²) in [4.78, 5) is 26.8. The maximum absolute atomic E-state index is 12.6. The number of rotatable bonds is 3. The van der Waals surface area contributed by atoms with Crippen molar-refractivity contribution in [3.05, 3.63) is 64.7 Å². The molecular weight excluding hydrogens is 336 g/mol. The number of hydrogen-bond acceptors (Lipinski definition) is 2. The highest BCUT2D eigenvalue weighted by Crippen LogP contribution is 2.25. The van der Waals surface area contributed by atoms with Gasteiger partial charge in [-0.3, -0.25) is 9.59 Å². The summed E-state index contributed by atoms with van der Waals surface area (Å²) in [5.41, 5.74) is 5.13. The third kappa shape index (κ3) is 4.21. The van der Waals surface area contributed by atoms with Crippen LogP contribution in [-0.2, 0) is 10.2 Å². The van der Waals surface area contributed by atoms with Gasteiger partial charge in [0.15, 0.2) is 0 Å². The largest absolute Gasteiger partial charge is 0.347 e. The van der Waals surface area contributed by atoms with Crippen LogP contribution in [0.25, 0.3) is 0 Å². The van der Waals surface area contributed by atoms with E-state index in [0.29, 0.717) is 18.5 Å². The molecule has 142 valence electrons. The van der Waals surface area contributed by atoms with E-state index in [4.69, 9.17) is 0 Å². The van der Waals surface area contributed by atoms with E-state index in [0.717, 1.165) is 11.3 Å². The third-order valence-corrected chi connectivity index (χ3v) is 5.28. The number of benzene rings is 2. The van der Waals surface area contributed by atoms with Gasteiger partial charge >= 0.3 is 0 Å². The smallest absolute Gasteiger partial charge is 0.251 e. The summed E-state index contributed by atoms with van der Waals surface area (Å²) in [5, 5.41) is 3.01. The summed E-state index contributed by atoms with van der Waals surface area (Å²) in [6, 6.07) is 13.6. The fourth-order valence-corrected chi connectivity index (χ4v) is 3.34. The van der Waals surface area contributed by atoms with Crippen LogP contribution in [-0.4, -0.2) is 24.4 Å². The van der Waals surface area contributed by atoms with Crippen molar-refractivity contribution in [1.29, 1.82) is 0 Å². The van der Waals surface area contributed by atoms with Gasteiger partial charge in [0.2, 0.25) is 5.91 Å². The Morgan fingerprint density at radius 1 is 1.04 bits per heavy atom. The lowest BCUT2D eigenvalue weighted by Gasteiger charge is -2.20. The Morgan fingerprint density at radius 2 is 1.70 bits per heavy atom. The predicted octanol–water partition coefficient (Wildman–Crippen LogP) is 4.14. The molecule has 0 saturated carbocycles. The second-order valence-electron chi connectivity index (χ2n) is 8.47. The van der Waals surface area contributed by atoms with Gasteiger partial charge in [-0.25, -0.2) is 0 Å². The molecule has 1 aliphatic heterocycles. The Bertz CT molecular complexity index is 863. The highest BCUT2D eigenvalue weighted by Gasteiger charge is 2.32. The van der Waals surface area contributed by atoms with Crippen LogP contribution in [0.3, 0.4) is 0 Å². The quantitative estimate of drug-likeness (QED) is 0.890. The van der Waals surface area contributed by atoms with Crippen molar-refractivity contribution in [2.24, 2.45) is 0 Å². The van der Waals surface area contributed by atoms with Crippen LogP contribution < -0.4 is 10.2 Å². The SMILES string of the molecule is Cc1ccc(N2C[C@@H](NC(=O)c3ccc(C(C)(C)C)cc3)CC2=O)cc1C. The minimum Gasteiger partial charge on any atom is -0.347 e. The van der Waals surface area contributed by atoms with Crippen molar-refractivity contribution < 1.29 is 9.59 Å². The van der Waals surface area contributed by atoms with Crippen molar-refractivity contribution >= 4 is 17.5 Å². The first-order chi connectivity index (χ1) is 12.6. The molecule has 4 heteroatoms. The zero-order chi connectivity index (χ0) is 19.8. The minimum atomic E-state index is -0.172. The molecule has 1 heterocycles. The second kappa shape index (κ2) is 7.18. The van der Waals surface area contributed by atoms with Crippen LogP contribution in [0.1, 0.15) is 54.2 Å². The summed E-state index contributed by atoms with van der Waals surface area (Å²) in [6.07, 6.45) is 0.332. The van der Waals surface area contributed by atoms with Crippen molar-refractivity contribution in [3.63, 3.8) is 0 Å². The standard InChI is InChI=1S/C23H28N2O2/c1-15-6-11-20(12-16(15)2)25-14-19(13-21(25)26)24-22(27)17-7-9-18(10-8-17)23(3,4)5/h6-12,19H,13-14H2,1-5H3,(H,24,27)/t19-/m0/s1. The molecule has 4 nitrogen and oxygen atoms in total. The molecule has 2 amide bonds. The van der Waals surface area contributed by atoms with E-state index >= 15 is 0 Å². The molecule has 1 saturated heterocycles. The van der Waals surface area contributed by atoms with Crippen LogP contribution in [0, 0.1) is 13.8 Å². The van der Waals surface area contributed by atoms with Gasteiger partial charge in [0.05, 0.1) is 6.04 Å². The molecule has 0 unspecified atom stereocenters. The number of aryl methyl sites for hydroxylation is 2. The van der Waals surface area contributed by atoms with Gasteiger partial charge < -0.3 is 10.2 Å². The van der Waals surface area contributed by atoms with Gasteiger partial charge in [-0.15, -0.1) is 0 Å². The molecular formula is C23H28N2O2. The zero-order valence-electron chi connectivity index (χ0n) is 16.8. The molecule has 2 aromatic rings. The van der Waals surface area contributed by atoms with E-state index < -0.39 is 0 Å². The molecule has 2 aromatic carbocycles. The Kier molecular flexibility index (Phi) is 5.09. The maximum Gasteiger partial charge on any atom is 0.251 e. The predicted molar refractivity (Wildman–Crippen MR) is 109 cm³/mol. The van der Waals surface area contributed by atoms with E-state index in [2.05, 4.69) is 33.0 Å². The van der Waals surface area contributed by atoms with Crippen LogP contribution in [0.2, 0.25) is 0 Å². The highest BCUT2D eigenvalue weighted by atomic mass is 16.2.